The third-order valence-corrected chi connectivity index (χ3v) is 2.12. The number of benzene rings is 1. The van der Waals surface area contributed by atoms with E-state index < -0.39 is 42.5 Å². The molecular formula is C11H11F3N2O4. The summed E-state index contributed by atoms with van der Waals surface area (Å²) in [7, 11) is 0. The molecule has 0 unspecified atom stereocenters. The van der Waals surface area contributed by atoms with E-state index in [1.807, 2.05) is 5.32 Å². The first-order chi connectivity index (χ1) is 9.19. The van der Waals surface area contributed by atoms with Gasteiger partial charge in [-0.15, -0.1) is 0 Å². The summed E-state index contributed by atoms with van der Waals surface area (Å²) < 4.78 is 35.5. The standard InChI is InChI=1S/C11H11F3N2O4/c12-11(13,14)5-15-4-9(18)16-6-1-2-8(17)7(3-6)10(19)20/h1-3,15,17H,4-5H2,(H,16,18)(H,19,20). The van der Waals surface area contributed by atoms with Crippen LogP contribution < -0.4 is 10.6 Å². The molecule has 110 valence electrons. The number of carboxylic acid groups (broad SMARTS) is 1. The number of rotatable bonds is 5. The van der Waals surface area contributed by atoms with Gasteiger partial charge >= 0.3 is 12.1 Å². The van der Waals surface area contributed by atoms with Crippen molar-refractivity contribution in [2.45, 2.75) is 6.18 Å². The molecule has 0 bridgehead atoms. The van der Waals surface area contributed by atoms with Crippen LogP contribution in [0.2, 0.25) is 0 Å². The molecule has 0 aliphatic carbocycles. The Balaban J connectivity index is 2.58. The normalized spacial score (nSPS) is 11.2. The Labute approximate surface area is 111 Å². The van der Waals surface area contributed by atoms with E-state index in [1.54, 1.807) is 0 Å². The van der Waals surface area contributed by atoms with E-state index in [4.69, 9.17) is 5.11 Å². The van der Waals surface area contributed by atoms with Gasteiger partial charge in [-0.25, -0.2) is 4.79 Å². The average molecular weight is 292 g/mol. The zero-order chi connectivity index (χ0) is 15.3. The van der Waals surface area contributed by atoms with Gasteiger partial charge in [-0.05, 0) is 18.2 Å². The highest BCUT2D eigenvalue weighted by molar-refractivity contribution is 5.96. The lowest BCUT2D eigenvalue weighted by molar-refractivity contribution is -0.127. The molecule has 6 nitrogen and oxygen atoms in total. The van der Waals surface area contributed by atoms with Gasteiger partial charge in [0.1, 0.15) is 11.3 Å². The fraction of sp³-hybridized carbons (Fsp3) is 0.273. The monoisotopic (exact) mass is 292 g/mol. The molecule has 0 saturated carbocycles. The molecule has 4 N–H and O–H groups in total. The van der Waals surface area contributed by atoms with Crippen molar-refractivity contribution in [3.05, 3.63) is 23.8 Å². The molecule has 0 aromatic heterocycles. The molecule has 0 aliphatic rings. The van der Waals surface area contributed by atoms with E-state index >= 15 is 0 Å². The Hall–Kier alpha value is -2.29. The molecule has 9 heteroatoms. The van der Waals surface area contributed by atoms with Gasteiger partial charge in [-0.3, -0.25) is 4.79 Å². The first kappa shape index (κ1) is 15.8. The van der Waals surface area contributed by atoms with E-state index in [2.05, 4.69) is 5.32 Å². The molecule has 0 saturated heterocycles. The first-order valence-electron chi connectivity index (χ1n) is 5.32. The summed E-state index contributed by atoms with van der Waals surface area (Å²) in [5, 5.41) is 22.1. The molecule has 0 aliphatic heterocycles. The van der Waals surface area contributed by atoms with E-state index in [0.717, 1.165) is 12.1 Å². The van der Waals surface area contributed by atoms with Crippen LogP contribution in [0.15, 0.2) is 18.2 Å². The van der Waals surface area contributed by atoms with Gasteiger partial charge in [0.2, 0.25) is 5.91 Å². The number of anilines is 1. The van der Waals surface area contributed by atoms with Crippen molar-refractivity contribution in [2.24, 2.45) is 0 Å². The number of carbonyl (C=O) groups excluding carboxylic acids is 1. The lowest BCUT2D eigenvalue weighted by atomic mass is 10.2. The number of aromatic hydroxyl groups is 1. The van der Waals surface area contributed by atoms with Gasteiger partial charge in [0.15, 0.2) is 0 Å². The minimum absolute atomic E-state index is 0.0546. The van der Waals surface area contributed by atoms with E-state index in [9.17, 15) is 27.9 Å². The van der Waals surface area contributed by atoms with Crippen LogP contribution in [0, 0.1) is 0 Å². The van der Waals surface area contributed by atoms with Crippen LogP contribution in [0.5, 0.6) is 5.75 Å². The number of amides is 1. The number of phenols is 1. The molecule has 0 radical (unpaired) electrons. The van der Waals surface area contributed by atoms with Crippen LogP contribution in [0.25, 0.3) is 0 Å². The third kappa shape index (κ3) is 5.14. The summed E-state index contributed by atoms with van der Waals surface area (Å²) in [5.74, 6) is -2.64. The van der Waals surface area contributed by atoms with Gasteiger partial charge in [0.25, 0.3) is 0 Å². The molecule has 0 atom stereocenters. The van der Waals surface area contributed by atoms with Gasteiger partial charge in [-0.1, -0.05) is 0 Å². The highest BCUT2D eigenvalue weighted by atomic mass is 19.4. The zero-order valence-corrected chi connectivity index (χ0v) is 9.99. The first-order valence-corrected chi connectivity index (χ1v) is 5.32. The number of halogens is 3. The molecule has 1 aromatic carbocycles. The van der Waals surface area contributed by atoms with Crippen LogP contribution >= 0.6 is 0 Å². The topological polar surface area (TPSA) is 98.7 Å². The van der Waals surface area contributed by atoms with Crippen LogP contribution in [0.1, 0.15) is 10.4 Å². The second-order valence-electron chi connectivity index (χ2n) is 3.80. The minimum atomic E-state index is -4.42. The number of hydrogen-bond acceptors (Lipinski definition) is 4. The van der Waals surface area contributed by atoms with Crippen molar-refractivity contribution in [3.63, 3.8) is 0 Å². The molecule has 0 fully saturated rings. The van der Waals surface area contributed by atoms with Gasteiger partial charge < -0.3 is 20.8 Å². The number of carbonyl (C=O) groups is 2. The zero-order valence-electron chi connectivity index (χ0n) is 9.99. The lowest BCUT2D eigenvalue weighted by Gasteiger charge is -2.09. The summed E-state index contributed by atoms with van der Waals surface area (Å²) in [6.07, 6.45) is -4.42. The van der Waals surface area contributed by atoms with E-state index in [0.29, 0.717) is 0 Å². The molecule has 0 heterocycles. The number of nitrogens with one attached hydrogen (secondary N) is 2. The van der Waals surface area contributed by atoms with Crippen LogP contribution in [-0.2, 0) is 4.79 Å². The van der Waals surface area contributed by atoms with Gasteiger partial charge in [-0.2, -0.15) is 13.2 Å². The van der Waals surface area contributed by atoms with Crippen LogP contribution in [0.3, 0.4) is 0 Å². The smallest absolute Gasteiger partial charge is 0.401 e. The summed E-state index contributed by atoms with van der Waals surface area (Å²) in [4.78, 5) is 22.0. The summed E-state index contributed by atoms with van der Waals surface area (Å²) >= 11 is 0. The summed E-state index contributed by atoms with van der Waals surface area (Å²) in [6.45, 7) is -1.89. The predicted molar refractivity (Wildman–Crippen MR) is 62.6 cm³/mol. The maximum Gasteiger partial charge on any atom is 0.401 e. The number of carboxylic acids is 1. The number of hydrogen-bond donors (Lipinski definition) is 4. The Morgan fingerprint density at radius 2 is 1.90 bits per heavy atom. The van der Waals surface area contributed by atoms with Crippen LogP contribution in [-0.4, -0.2) is 41.4 Å². The fourth-order valence-electron chi connectivity index (χ4n) is 1.31. The van der Waals surface area contributed by atoms with Crippen molar-refractivity contribution in [3.8, 4) is 5.75 Å². The molecule has 1 rings (SSSR count). The maximum absolute atomic E-state index is 11.8. The highest BCUT2D eigenvalue weighted by Gasteiger charge is 2.26. The Morgan fingerprint density at radius 3 is 2.45 bits per heavy atom. The molecule has 20 heavy (non-hydrogen) atoms. The number of aromatic carboxylic acids is 1. The third-order valence-electron chi connectivity index (χ3n) is 2.12. The fourth-order valence-corrected chi connectivity index (χ4v) is 1.31. The predicted octanol–water partition coefficient (Wildman–Crippen LogP) is 1.18. The quantitative estimate of drug-likeness (QED) is 0.611. The average Bonchev–Trinajstić information content (AvgIpc) is 2.29. The molecule has 1 amide bonds. The van der Waals surface area contributed by atoms with Crippen molar-refractivity contribution >= 4 is 17.6 Å². The Morgan fingerprint density at radius 1 is 1.25 bits per heavy atom. The van der Waals surface area contributed by atoms with Crippen molar-refractivity contribution in [1.29, 1.82) is 0 Å². The van der Waals surface area contributed by atoms with Gasteiger partial charge in [0.05, 0.1) is 13.1 Å². The van der Waals surface area contributed by atoms with Crippen LogP contribution in [0.4, 0.5) is 18.9 Å². The second-order valence-corrected chi connectivity index (χ2v) is 3.80. The van der Waals surface area contributed by atoms with Gasteiger partial charge in [0, 0.05) is 5.69 Å². The second kappa shape index (κ2) is 6.24. The number of alkyl halides is 3. The molecule has 0 spiro atoms. The Kier molecular flexibility index (Phi) is 4.92. The van der Waals surface area contributed by atoms with Crippen molar-refractivity contribution in [1.82, 2.24) is 5.32 Å². The minimum Gasteiger partial charge on any atom is -0.507 e. The maximum atomic E-state index is 11.8. The summed E-state index contributed by atoms with van der Waals surface area (Å²) in [6, 6.07) is 3.28. The van der Waals surface area contributed by atoms with Crippen molar-refractivity contribution < 1.29 is 33.0 Å². The van der Waals surface area contributed by atoms with E-state index in [1.165, 1.54) is 6.07 Å². The SMILES string of the molecule is O=C(CNCC(F)(F)F)Nc1ccc(O)c(C(=O)O)c1. The molecular weight excluding hydrogens is 281 g/mol. The van der Waals surface area contributed by atoms with E-state index in [-0.39, 0.29) is 5.69 Å². The highest BCUT2D eigenvalue weighted by Crippen LogP contribution is 2.21. The largest absolute Gasteiger partial charge is 0.507 e. The Bertz CT molecular complexity index is 517. The molecule has 1 aromatic rings. The van der Waals surface area contributed by atoms with Crippen molar-refractivity contribution in [2.75, 3.05) is 18.4 Å². The lowest BCUT2D eigenvalue weighted by Crippen LogP contribution is -2.35. The summed E-state index contributed by atoms with van der Waals surface area (Å²) in [5.41, 5.74) is -0.370.